The number of nitrogen functional groups attached to an aromatic ring is 1. The summed E-state index contributed by atoms with van der Waals surface area (Å²) in [5.74, 6) is 1.69. The van der Waals surface area contributed by atoms with Crippen molar-refractivity contribution >= 4 is 11.8 Å². The van der Waals surface area contributed by atoms with Gasteiger partial charge < -0.3 is 11.1 Å². The highest BCUT2D eigenvalue weighted by atomic mass is 15.1. The summed E-state index contributed by atoms with van der Waals surface area (Å²) < 4.78 is 0. The van der Waals surface area contributed by atoms with Crippen LogP contribution in [0.1, 0.15) is 17.0 Å². The number of nitrogens with zero attached hydrogens (tertiary/aromatic N) is 2. The normalized spacial score (nSPS) is 17.1. The first kappa shape index (κ1) is 10.1. The van der Waals surface area contributed by atoms with Gasteiger partial charge in [-0.05, 0) is 23.6 Å². The van der Waals surface area contributed by atoms with Gasteiger partial charge in [0.15, 0.2) is 0 Å². The standard InChI is InChI=1S/C13H14N4/c14-13-15-6-5-12(17-13)16-8-10-7-9-3-1-2-4-11(9)10/h1-6,10H,7-8H2,(H3,14,15,16,17). The SMILES string of the molecule is Nc1nccc(NCC2Cc3ccccc32)n1. The molecule has 0 fully saturated rings. The summed E-state index contributed by atoms with van der Waals surface area (Å²) in [7, 11) is 0. The molecule has 0 bridgehead atoms. The van der Waals surface area contributed by atoms with Crippen LogP contribution >= 0.6 is 0 Å². The maximum absolute atomic E-state index is 5.53. The van der Waals surface area contributed by atoms with Crippen LogP contribution in [0.15, 0.2) is 36.5 Å². The molecule has 4 nitrogen and oxygen atoms in total. The van der Waals surface area contributed by atoms with Crippen molar-refractivity contribution in [1.29, 1.82) is 0 Å². The Morgan fingerprint density at radius 2 is 2.18 bits per heavy atom. The van der Waals surface area contributed by atoms with Crippen LogP contribution in [0.3, 0.4) is 0 Å². The molecule has 0 spiro atoms. The number of benzene rings is 1. The van der Waals surface area contributed by atoms with E-state index < -0.39 is 0 Å². The van der Waals surface area contributed by atoms with Gasteiger partial charge in [-0.3, -0.25) is 0 Å². The number of rotatable bonds is 3. The number of nitrogens with two attached hydrogens (primary N) is 1. The third-order valence-electron chi connectivity index (χ3n) is 3.17. The van der Waals surface area contributed by atoms with E-state index in [0.717, 1.165) is 18.8 Å². The smallest absolute Gasteiger partial charge is 0.221 e. The highest BCUT2D eigenvalue weighted by molar-refractivity contribution is 5.43. The second-order valence-electron chi connectivity index (χ2n) is 4.28. The summed E-state index contributed by atoms with van der Waals surface area (Å²) >= 11 is 0. The predicted octanol–water partition coefficient (Wildman–Crippen LogP) is 1.81. The van der Waals surface area contributed by atoms with Crippen LogP contribution in [-0.2, 0) is 6.42 Å². The summed E-state index contributed by atoms with van der Waals surface area (Å²) in [5, 5.41) is 3.30. The van der Waals surface area contributed by atoms with E-state index in [4.69, 9.17) is 5.73 Å². The van der Waals surface area contributed by atoms with Gasteiger partial charge in [0.1, 0.15) is 5.82 Å². The molecule has 1 unspecified atom stereocenters. The van der Waals surface area contributed by atoms with Gasteiger partial charge in [-0.2, -0.15) is 4.98 Å². The maximum atomic E-state index is 5.53. The summed E-state index contributed by atoms with van der Waals surface area (Å²) in [6, 6.07) is 10.4. The predicted molar refractivity (Wildman–Crippen MR) is 67.8 cm³/mol. The van der Waals surface area contributed by atoms with Crippen LogP contribution in [0.25, 0.3) is 0 Å². The van der Waals surface area contributed by atoms with E-state index in [1.165, 1.54) is 11.1 Å². The van der Waals surface area contributed by atoms with Gasteiger partial charge >= 0.3 is 0 Å². The average Bonchev–Trinajstić information content (AvgIpc) is 2.30. The molecule has 3 N–H and O–H groups in total. The van der Waals surface area contributed by atoms with E-state index in [1.54, 1.807) is 6.20 Å². The van der Waals surface area contributed by atoms with Gasteiger partial charge in [-0.1, -0.05) is 24.3 Å². The zero-order chi connectivity index (χ0) is 11.7. The van der Waals surface area contributed by atoms with E-state index >= 15 is 0 Å². The van der Waals surface area contributed by atoms with E-state index in [-0.39, 0.29) is 0 Å². The molecule has 2 aromatic rings. The van der Waals surface area contributed by atoms with Gasteiger partial charge in [0.25, 0.3) is 0 Å². The van der Waals surface area contributed by atoms with Crippen molar-refractivity contribution in [3.05, 3.63) is 47.7 Å². The summed E-state index contributed by atoms with van der Waals surface area (Å²) in [6.07, 6.45) is 2.81. The summed E-state index contributed by atoms with van der Waals surface area (Å²) in [5.41, 5.74) is 8.43. The first-order valence-electron chi connectivity index (χ1n) is 5.73. The molecule has 1 aliphatic rings. The van der Waals surface area contributed by atoms with Gasteiger partial charge in [-0.25, -0.2) is 4.98 Å². The van der Waals surface area contributed by atoms with E-state index in [1.807, 2.05) is 6.07 Å². The molecule has 3 rings (SSSR count). The highest BCUT2D eigenvalue weighted by Gasteiger charge is 2.24. The van der Waals surface area contributed by atoms with Gasteiger partial charge in [0.2, 0.25) is 5.95 Å². The summed E-state index contributed by atoms with van der Waals surface area (Å²) in [4.78, 5) is 7.98. The quantitative estimate of drug-likeness (QED) is 0.837. The van der Waals surface area contributed by atoms with Crippen molar-refractivity contribution in [2.75, 3.05) is 17.6 Å². The van der Waals surface area contributed by atoms with Gasteiger partial charge in [0.05, 0.1) is 0 Å². The Morgan fingerprint density at radius 1 is 1.29 bits per heavy atom. The maximum Gasteiger partial charge on any atom is 0.221 e. The van der Waals surface area contributed by atoms with Crippen LogP contribution in [0.4, 0.5) is 11.8 Å². The topological polar surface area (TPSA) is 63.8 Å². The van der Waals surface area contributed by atoms with Crippen molar-refractivity contribution in [3.63, 3.8) is 0 Å². The lowest BCUT2D eigenvalue weighted by Crippen LogP contribution is -2.24. The minimum Gasteiger partial charge on any atom is -0.369 e. The number of aromatic nitrogens is 2. The van der Waals surface area contributed by atoms with E-state index in [9.17, 15) is 0 Å². The second kappa shape index (κ2) is 4.05. The molecule has 17 heavy (non-hydrogen) atoms. The Morgan fingerprint density at radius 3 is 3.00 bits per heavy atom. The van der Waals surface area contributed by atoms with Crippen molar-refractivity contribution in [2.45, 2.75) is 12.3 Å². The number of hydrogen-bond donors (Lipinski definition) is 2. The molecule has 0 radical (unpaired) electrons. The third kappa shape index (κ3) is 1.93. The lowest BCUT2D eigenvalue weighted by Gasteiger charge is -2.30. The molecule has 4 heteroatoms. The fraction of sp³-hybridized carbons (Fsp3) is 0.231. The van der Waals surface area contributed by atoms with E-state index in [2.05, 4.69) is 39.6 Å². The molecule has 0 aliphatic heterocycles. The minimum atomic E-state index is 0.309. The van der Waals surface area contributed by atoms with Crippen molar-refractivity contribution in [3.8, 4) is 0 Å². The third-order valence-corrected chi connectivity index (χ3v) is 3.17. The lowest BCUT2D eigenvalue weighted by atomic mass is 9.78. The molecule has 1 atom stereocenters. The van der Waals surface area contributed by atoms with Crippen molar-refractivity contribution in [2.24, 2.45) is 0 Å². The molecule has 1 aliphatic carbocycles. The summed E-state index contributed by atoms with van der Waals surface area (Å²) in [6.45, 7) is 0.896. The molecule has 0 amide bonds. The Hall–Kier alpha value is -2.10. The minimum absolute atomic E-state index is 0.309. The van der Waals surface area contributed by atoms with Gasteiger partial charge in [0, 0.05) is 18.7 Å². The van der Waals surface area contributed by atoms with Crippen LogP contribution < -0.4 is 11.1 Å². The molecule has 0 saturated heterocycles. The highest BCUT2D eigenvalue weighted by Crippen LogP contribution is 2.34. The van der Waals surface area contributed by atoms with Crippen LogP contribution in [0.2, 0.25) is 0 Å². The fourth-order valence-corrected chi connectivity index (χ4v) is 2.24. The first-order chi connectivity index (χ1) is 8.33. The van der Waals surface area contributed by atoms with Gasteiger partial charge in [-0.15, -0.1) is 0 Å². The zero-order valence-corrected chi connectivity index (χ0v) is 9.43. The largest absolute Gasteiger partial charge is 0.369 e. The molecule has 86 valence electrons. The number of anilines is 2. The van der Waals surface area contributed by atoms with Crippen molar-refractivity contribution in [1.82, 2.24) is 9.97 Å². The number of hydrogen-bond acceptors (Lipinski definition) is 4. The first-order valence-corrected chi connectivity index (χ1v) is 5.73. The second-order valence-corrected chi connectivity index (χ2v) is 4.28. The molecule has 1 heterocycles. The van der Waals surface area contributed by atoms with Crippen LogP contribution in [-0.4, -0.2) is 16.5 Å². The van der Waals surface area contributed by atoms with Crippen LogP contribution in [0, 0.1) is 0 Å². The Bertz CT molecular complexity index is 538. The molecule has 1 aromatic heterocycles. The lowest BCUT2D eigenvalue weighted by molar-refractivity contribution is 0.634. The Balaban J connectivity index is 1.64. The molecular formula is C13H14N4. The van der Waals surface area contributed by atoms with Crippen LogP contribution in [0.5, 0.6) is 0 Å². The average molecular weight is 226 g/mol. The van der Waals surface area contributed by atoms with Crippen molar-refractivity contribution < 1.29 is 0 Å². The molecular weight excluding hydrogens is 212 g/mol. The van der Waals surface area contributed by atoms with E-state index in [0.29, 0.717) is 11.9 Å². The zero-order valence-electron chi connectivity index (χ0n) is 9.43. The Kier molecular flexibility index (Phi) is 2.40. The number of nitrogens with one attached hydrogen (secondary N) is 1. The Labute approximate surface area is 99.9 Å². The fourth-order valence-electron chi connectivity index (χ4n) is 2.24. The monoisotopic (exact) mass is 226 g/mol. The molecule has 0 saturated carbocycles. The molecule has 1 aromatic carbocycles. The number of fused-ring (bicyclic) bond motifs is 1.